The maximum atomic E-state index is 5.40. The molecule has 0 spiro atoms. The average Bonchev–Trinajstić information content (AvgIpc) is 3.29. The molecule has 0 N–H and O–H groups in total. The number of aliphatic imine (C=N–C) groups is 2. The smallest absolute Gasteiger partial charge is 0.155 e. The van der Waals surface area contributed by atoms with Crippen LogP contribution in [0.4, 0.5) is 0 Å². The van der Waals surface area contributed by atoms with Crippen molar-refractivity contribution >= 4 is 17.6 Å². The zero-order valence-corrected chi connectivity index (χ0v) is 35.2. The second kappa shape index (κ2) is 17.8. The van der Waals surface area contributed by atoms with Gasteiger partial charge in [0, 0.05) is 16.8 Å². The highest BCUT2D eigenvalue weighted by Crippen LogP contribution is 2.40. The van der Waals surface area contributed by atoms with Crippen LogP contribution in [0.3, 0.4) is 0 Å². The summed E-state index contributed by atoms with van der Waals surface area (Å²) in [5.74, 6) is 0.707. The van der Waals surface area contributed by atoms with E-state index >= 15 is 0 Å². The third kappa shape index (κ3) is 8.23. The fourth-order valence-electron chi connectivity index (χ4n) is 8.39. The molecule has 0 heterocycles. The molecule has 8 aromatic carbocycles. The van der Waals surface area contributed by atoms with Gasteiger partial charge in [0.05, 0.1) is 6.04 Å². The van der Waals surface area contributed by atoms with Crippen LogP contribution >= 0.6 is 0 Å². The molecule has 292 valence electrons. The molecule has 0 aliphatic carbocycles. The van der Waals surface area contributed by atoms with Crippen molar-refractivity contribution in [1.82, 2.24) is 0 Å². The fraction of sp³-hybridized carbons (Fsp3) is 0.103. The van der Waals surface area contributed by atoms with E-state index in [-0.39, 0.29) is 6.04 Å². The van der Waals surface area contributed by atoms with Gasteiger partial charge >= 0.3 is 0 Å². The lowest BCUT2D eigenvalue weighted by atomic mass is 9.84. The Morgan fingerprint density at radius 1 is 0.483 bits per heavy atom. The van der Waals surface area contributed by atoms with E-state index in [0.29, 0.717) is 5.84 Å². The van der Waals surface area contributed by atoms with Gasteiger partial charge in [0.2, 0.25) is 0 Å². The Morgan fingerprint density at radius 2 is 1.00 bits per heavy atom. The number of nitrogens with zero attached hydrogens (tertiary/aromatic N) is 2. The van der Waals surface area contributed by atoms with Crippen LogP contribution in [0.2, 0.25) is 0 Å². The van der Waals surface area contributed by atoms with Crippen molar-refractivity contribution in [1.29, 1.82) is 0 Å². The summed E-state index contributed by atoms with van der Waals surface area (Å²) in [7, 11) is 0. The topological polar surface area (TPSA) is 24.7 Å². The molecule has 1 atom stereocenters. The highest BCUT2D eigenvalue weighted by atomic mass is 14.9. The van der Waals surface area contributed by atoms with Crippen LogP contribution in [0.25, 0.3) is 61.7 Å². The van der Waals surface area contributed by atoms with Gasteiger partial charge in [-0.1, -0.05) is 201 Å². The molecule has 60 heavy (non-hydrogen) atoms. The van der Waals surface area contributed by atoms with Gasteiger partial charge in [-0.2, -0.15) is 0 Å². The van der Waals surface area contributed by atoms with E-state index in [9.17, 15) is 0 Å². The Labute approximate surface area is 356 Å². The Balaban J connectivity index is 1.18. The van der Waals surface area contributed by atoms with Crippen LogP contribution in [-0.2, 0) is 0 Å². The molecular weight excluding hydrogens is 725 g/mol. The molecule has 0 saturated heterocycles. The number of amidine groups is 1. The standard InChI is InChI=1S/C58H50N2/c1-7-44-25-17-30-55(49-37-35-48(36-38-49)47-33-31-46(32-34-47)45-21-10-8-11-22-45)57(44)56-40(3)20-16-29-54(56)43(6)60-58(50-23-12-9-13-24-50)59-42(5)52-27-18-28-53(41(52)4)51-26-15-14-19-39(51)2/h7-38,42H,1H2,2-6H3. The summed E-state index contributed by atoms with van der Waals surface area (Å²) in [4.78, 5) is 10.8. The first-order chi connectivity index (χ1) is 29.3. The highest BCUT2D eigenvalue weighted by Gasteiger charge is 2.20. The third-order valence-corrected chi connectivity index (χ3v) is 11.6. The summed E-state index contributed by atoms with van der Waals surface area (Å²) in [6.07, 6.45) is 1.97. The SMILES string of the molecule is C=Cc1cccc(-c2ccc(-c3ccc(-c4ccccc4)cc3)cc2)c1-c1c(C)cccc1C(C)=NC(=NC(C)c1cccc(-c2ccccc2C)c1C)c1ccccc1. The molecule has 8 aromatic rings. The van der Waals surface area contributed by atoms with E-state index in [1.165, 1.54) is 55.6 Å². The molecule has 0 aliphatic heterocycles. The van der Waals surface area contributed by atoms with Gasteiger partial charge in [-0.25, -0.2) is 4.99 Å². The van der Waals surface area contributed by atoms with E-state index < -0.39 is 0 Å². The zero-order chi connectivity index (χ0) is 41.6. The second-order valence-electron chi connectivity index (χ2n) is 15.5. The monoisotopic (exact) mass is 774 g/mol. The fourth-order valence-corrected chi connectivity index (χ4v) is 8.39. The first-order valence-electron chi connectivity index (χ1n) is 20.8. The predicted octanol–water partition coefficient (Wildman–Crippen LogP) is 15.6. The van der Waals surface area contributed by atoms with Gasteiger partial charge in [-0.05, 0) is 118 Å². The lowest BCUT2D eigenvalue weighted by molar-refractivity contribution is 0.811. The zero-order valence-electron chi connectivity index (χ0n) is 35.2. The molecule has 0 radical (unpaired) electrons. The molecule has 0 bridgehead atoms. The molecular formula is C58H50N2. The first-order valence-corrected chi connectivity index (χ1v) is 20.8. The number of hydrogen-bond donors (Lipinski definition) is 0. The van der Waals surface area contributed by atoms with E-state index in [2.05, 4.69) is 223 Å². The minimum absolute atomic E-state index is 0.129. The number of aryl methyl sites for hydroxylation is 2. The van der Waals surface area contributed by atoms with Crippen molar-refractivity contribution in [3.8, 4) is 55.6 Å². The summed E-state index contributed by atoms with van der Waals surface area (Å²) in [6.45, 7) is 15.1. The largest absolute Gasteiger partial charge is 0.258 e. The molecule has 1 unspecified atom stereocenters. The van der Waals surface area contributed by atoms with Gasteiger partial charge < -0.3 is 0 Å². The molecule has 0 aromatic heterocycles. The Kier molecular flexibility index (Phi) is 11.7. The number of rotatable bonds is 10. The molecule has 0 amide bonds. The van der Waals surface area contributed by atoms with Gasteiger partial charge in [0.15, 0.2) is 5.84 Å². The maximum Gasteiger partial charge on any atom is 0.155 e. The van der Waals surface area contributed by atoms with Crippen LogP contribution in [-0.4, -0.2) is 11.5 Å². The van der Waals surface area contributed by atoms with Gasteiger partial charge in [0.25, 0.3) is 0 Å². The molecule has 0 fully saturated rings. The lowest BCUT2D eigenvalue weighted by Gasteiger charge is -2.20. The van der Waals surface area contributed by atoms with Crippen LogP contribution in [0.15, 0.2) is 205 Å². The van der Waals surface area contributed by atoms with Crippen molar-refractivity contribution in [3.05, 3.63) is 234 Å². The molecule has 8 rings (SSSR count). The maximum absolute atomic E-state index is 5.40. The summed E-state index contributed by atoms with van der Waals surface area (Å²) in [6, 6.07) is 66.7. The summed E-state index contributed by atoms with van der Waals surface area (Å²) in [5.41, 5.74) is 20.7. The summed E-state index contributed by atoms with van der Waals surface area (Å²) >= 11 is 0. The van der Waals surface area contributed by atoms with E-state index in [1.54, 1.807) is 0 Å². The van der Waals surface area contributed by atoms with E-state index in [4.69, 9.17) is 9.98 Å². The summed E-state index contributed by atoms with van der Waals surface area (Å²) in [5, 5.41) is 0. The van der Waals surface area contributed by atoms with Crippen LogP contribution in [0.5, 0.6) is 0 Å². The number of hydrogen-bond acceptors (Lipinski definition) is 1. The van der Waals surface area contributed by atoms with Crippen LogP contribution in [0, 0.1) is 20.8 Å². The highest BCUT2D eigenvalue weighted by molar-refractivity contribution is 6.15. The minimum Gasteiger partial charge on any atom is -0.258 e. The Hall–Kier alpha value is -7.16. The minimum atomic E-state index is -0.129. The lowest BCUT2D eigenvalue weighted by Crippen LogP contribution is -2.08. The first kappa shape index (κ1) is 39.7. The van der Waals surface area contributed by atoms with Crippen LogP contribution < -0.4 is 0 Å². The van der Waals surface area contributed by atoms with Crippen molar-refractivity contribution in [2.75, 3.05) is 0 Å². The normalized spacial score (nSPS) is 12.3. The Morgan fingerprint density at radius 3 is 1.65 bits per heavy atom. The third-order valence-electron chi connectivity index (χ3n) is 11.6. The summed E-state index contributed by atoms with van der Waals surface area (Å²) < 4.78 is 0. The van der Waals surface area contributed by atoms with E-state index in [0.717, 1.165) is 44.7 Å². The second-order valence-corrected chi connectivity index (χ2v) is 15.5. The number of benzene rings is 8. The van der Waals surface area contributed by atoms with Gasteiger partial charge in [-0.15, -0.1) is 0 Å². The Bertz CT molecular complexity index is 2840. The molecule has 0 saturated carbocycles. The van der Waals surface area contributed by atoms with Crippen molar-refractivity contribution in [2.45, 2.75) is 40.7 Å². The molecule has 0 aliphatic rings. The molecule has 2 nitrogen and oxygen atoms in total. The molecule has 2 heteroatoms. The van der Waals surface area contributed by atoms with Gasteiger partial charge in [0.1, 0.15) is 0 Å². The van der Waals surface area contributed by atoms with Gasteiger partial charge in [-0.3, -0.25) is 4.99 Å². The van der Waals surface area contributed by atoms with E-state index in [1.807, 2.05) is 12.1 Å². The quantitative estimate of drug-likeness (QED) is 0.0977. The van der Waals surface area contributed by atoms with Crippen molar-refractivity contribution in [3.63, 3.8) is 0 Å². The van der Waals surface area contributed by atoms with Crippen LogP contribution in [0.1, 0.15) is 58.8 Å². The van der Waals surface area contributed by atoms with Crippen molar-refractivity contribution < 1.29 is 0 Å². The van der Waals surface area contributed by atoms with Crippen molar-refractivity contribution in [2.24, 2.45) is 9.98 Å². The predicted molar refractivity (Wildman–Crippen MR) is 258 cm³/mol. The average molecular weight is 775 g/mol.